The monoisotopic (exact) mass is 314 g/mol. The van der Waals surface area contributed by atoms with Gasteiger partial charge in [0.1, 0.15) is 0 Å². The first kappa shape index (κ1) is 16.2. The number of amides is 1. The standard InChI is InChI=1S/C15H20F2N2OS/c1-10(18)11-6-8-19(9-7-11)14(20)12-4-2-3-5-13(12)21-15(16)17/h2-5,10-11,15H,6-9,18H2,1H3/t10-/m1/s1. The highest BCUT2D eigenvalue weighted by Gasteiger charge is 2.27. The first-order chi connectivity index (χ1) is 9.99. The lowest BCUT2D eigenvalue weighted by atomic mass is 9.90. The van der Waals surface area contributed by atoms with Crippen LogP contribution in [0.3, 0.4) is 0 Å². The summed E-state index contributed by atoms with van der Waals surface area (Å²) in [5.74, 6) is -2.26. The van der Waals surface area contributed by atoms with Gasteiger partial charge in [-0.2, -0.15) is 8.78 Å². The summed E-state index contributed by atoms with van der Waals surface area (Å²) in [6, 6.07) is 6.69. The molecule has 1 heterocycles. The van der Waals surface area contributed by atoms with Crippen LogP contribution in [0.4, 0.5) is 8.78 Å². The molecule has 2 rings (SSSR count). The average molecular weight is 314 g/mol. The van der Waals surface area contributed by atoms with Crippen LogP contribution in [0, 0.1) is 5.92 Å². The van der Waals surface area contributed by atoms with Gasteiger partial charge in [-0.25, -0.2) is 0 Å². The Morgan fingerprint density at radius 3 is 2.52 bits per heavy atom. The van der Waals surface area contributed by atoms with Gasteiger partial charge in [-0.15, -0.1) is 0 Å². The molecule has 1 amide bonds. The molecule has 1 aliphatic heterocycles. The molecule has 0 unspecified atom stereocenters. The van der Waals surface area contributed by atoms with Crippen LogP contribution < -0.4 is 5.73 Å². The molecule has 0 spiro atoms. The summed E-state index contributed by atoms with van der Waals surface area (Å²) in [4.78, 5) is 14.6. The minimum atomic E-state index is -2.53. The molecule has 21 heavy (non-hydrogen) atoms. The number of carbonyl (C=O) groups is 1. The van der Waals surface area contributed by atoms with Gasteiger partial charge in [-0.1, -0.05) is 23.9 Å². The molecule has 1 aromatic rings. The SMILES string of the molecule is C[C@@H](N)C1CCN(C(=O)c2ccccc2SC(F)F)CC1. The minimum absolute atomic E-state index is 0.129. The van der Waals surface area contributed by atoms with Crippen molar-refractivity contribution in [3.8, 4) is 0 Å². The maximum Gasteiger partial charge on any atom is 0.288 e. The number of thioether (sulfide) groups is 1. The summed E-state index contributed by atoms with van der Waals surface area (Å²) in [7, 11) is 0. The van der Waals surface area contributed by atoms with E-state index in [-0.39, 0.29) is 11.9 Å². The number of hydrogen-bond donors (Lipinski definition) is 1. The van der Waals surface area contributed by atoms with Gasteiger partial charge >= 0.3 is 0 Å². The van der Waals surface area contributed by atoms with Crippen LogP contribution in [-0.4, -0.2) is 35.7 Å². The number of benzene rings is 1. The molecule has 0 aromatic heterocycles. The molecular weight excluding hydrogens is 294 g/mol. The summed E-state index contributed by atoms with van der Waals surface area (Å²) in [6.45, 7) is 3.26. The highest BCUT2D eigenvalue weighted by Crippen LogP contribution is 2.30. The van der Waals surface area contributed by atoms with E-state index in [0.717, 1.165) is 12.8 Å². The Hall–Kier alpha value is -1.14. The number of rotatable bonds is 4. The van der Waals surface area contributed by atoms with Crippen LogP contribution in [0.1, 0.15) is 30.1 Å². The quantitative estimate of drug-likeness (QED) is 0.868. The van der Waals surface area contributed by atoms with E-state index in [4.69, 9.17) is 5.73 Å². The first-order valence-corrected chi connectivity index (χ1v) is 7.95. The molecule has 0 saturated carbocycles. The predicted octanol–water partition coefficient (Wildman–Crippen LogP) is 3.20. The van der Waals surface area contributed by atoms with E-state index in [1.54, 1.807) is 29.2 Å². The smallest absolute Gasteiger partial charge is 0.288 e. The van der Waals surface area contributed by atoms with Gasteiger partial charge in [0, 0.05) is 24.0 Å². The Bertz CT molecular complexity index is 488. The van der Waals surface area contributed by atoms with Crippen molar-refractivity contribution in [1.29, 1.82) is 0 Å². The molecule has 0 radical (unpaired) electrons. The normalized spacial score (nSPS) is 18.0. The summed E-state index contributed by atoms with van der Waals surface area (Å²) in [5.41, 5.74) is 6.25. The number of likely N-dealkylation sites (tertiary alicyclic amines) is 1. The zero-order valence-electron chi connectivity index (χ0n) is 12.0. The fourth-order valence-corrected chi connectivity index (χ4v) is 3.27. The highest BCUT2D eigenvalue weighted by atomic mass is 32.2. The topological polar surface area (TPSA) is 46.3 Å². The van der Waals surface area contributed by atoms with Gasteiger partial charge < -0.3 is 10.6 Å². The Kier molecular flexibility index (Phi) is 5.58. The van der Waals surface area contributed by atoms with E-state index < -0.39 is 5.76 Å². The number of halogens is 2. The van der Waals surface area contributed by atoms with Crippen molar-refractivity contribution in [2.24, 2.45) is 11.7 Å². The lowest BCUT2D eigenvalue weighted by molar-refractivity contribution is 0.0677. The van der Waals surface area contributed by atoms with Crippen molar-refractivity contribution >= 4 is 17.7 Å². The van der Waals surface area contributed by atoms with Crippen molar-refractivity contribution in [3.63, 3.8) is 0 Å². The van der Waals surface area contributed by atoms with Crippen molar-refractivity contribution < 1.29 is 13.6 Å². The Labute approximate surface area is 127 Å². The fourth-order valence-electron chi connectivity index (χ4n) is 2.64. The van der Waals surface area contributed by atoms with Crippen LogP contribution in [0.25, 0.3) is 0 Å². The number of nitrogens with two attached hydrogens (primary N) is 1. The van der Waals surface area contributed by atoms with Crippen LogP contribution >= 0.6 is 11.8 Å². The fraction of sp³-hybridized carbons (Fsp3) is 0.533. The molecule has 0 bridgehead atoms. The van der Waals surface area contributed by atoms with Gasteiger partial charge in [0.05, 0.1) is 5.56 Å². The molecule has 6 heteroatoms. The second-order valence-electron chi connectivity index (χ2n) is 5.36. The number of carbonyl (C=O) groups excluding carboxylic acids is 1. The summed E-state index contributed by atoms with van der Waals surface area (Å²) in [6.07, 6.45) is 1.74. The molecule has 2 N–H and O–H groups in total. The van der Waals surface area contributed by atoms with E-state index in [9.17, 15) is 13.6 Å². The van der Waals surface area contributed by atoms with E-state index >= 15 is 0 Å². The molecular formula is C15H20F2N2OS. The molecule has 1 atom stereocenters. The zero-order chi connectivity index (χ0) is 15.4. The maximum absolute atomic E-state index is 12.6. The molecule has 1 aromatic carbocycles. The van der Waals surface area contributed by atoms with E-state index in [1.807, 2.05) is 6.92 Å². The summed E-state index contributed by atoms with van der Waals surface area (Å²) < 4.78 is 25.1. The number of nitrogens with zero attached hydrogens (tertiary/aromatic N) is 1. The van der Waals surface area contributed by atoms with Gasteiger partial charge in [0.15, 0.2) is 0 Å². The molecule has 1 saturated heterocycles. The van der Waals surface area contributed by atoms with Crippen molar-refractivity contribution in [2.75, 3.05) is 13.1 Å². The van der Waals surface area contributed by atoms with E-state index in [0.29, 0.717) is 41.2 Å². The van der Waals surface area contributed by atoms with Gasteiger partial charge in [0.2, 0.25) is 0 Å². The average Bonchev–Trinajstić information content (AvgIpc) is 2.46. The van der Waals surface area contributed by atoms with E-state index in [2.05, 4.69) is 0 Å². The van der Waals surface area contributed by atoms with Crippen LogP contribution in [0.5, 0.6) is 0 Å². The predicted molar refractivity (Wildman–Crippen MR) is 80.6 cm³/mol. The van der Waals surface area contributed by atoms with Crippen LogP contribution in [0.2, 0.25) is 0 Å². The molecule has 0 aliphatic carbocycles. The van der Waals surface area contributed by atoms with Crippen molar-refractivity contribution in [2.45, 2.75) is 36.5 Å². The minimum Gasteiger partial charge on any atom is -0.339 e. The third kappa shape index (κ3) is 4.17. The molecule has 116 valence electrons. The van der Waals surface area contributed by atoms with E-state index in [1.165, 1.54) is 0 Å². The number of alkyl halides is 2. The first-order valence-electron chi connectivity index (χ1n) is 7.07. The Morgan fingerprint density at radius 1 is 1.33 bits per heavy atom. The Morgan fingerprint density at radius 2 is 1.95 bits per heavy atom. The second-order valence-corrected chi connectivity index (χ2v) is 6.40. The number of hydrogen-bond acceptors (Lipinski definition) is 3. The molecule has 3 nitrogen and oxygen atoms in total. The van der Waals surface area contributed by atoms with Gasteiger partial charge in [-0.05, 0) is 37.8 Å². The lowest BCUT2D eigenvalue weighted by Crippen LogP contribution is -2.42. The maximum atomic E-state index is 12.6. The lowest BCUT2D eigenvalue weighted by Gasteiger charge is -2.34. The van der Waals surface area contributed by atoms with Gasteiger partial charge in [0.25, 0.3) is 11.7 Å². The second kappa shape index (κ2) is 7.22. The third-order valence-electron chi connectivity index (χ3n) is 3.90. The highest BCUT2D eigenvalue weighted by molar-refractivity contribution is 7.99. The van der Waals surface area contributed by atoms with Gasteiger partial charge in [-0.3, -0.25) is 4.79 Å². The molecule has 1 aliphatic rings. The third-order valence-corrected chi connectivity index (χ3v) is 4.69. The summed E-state index contributed by atoms with van der Waals surface area (Å²) in [5, 5.41) is 0. The largest absolute Gasteiger partial charge is 0.339 e. The number of piperidine rings is 1. The summed E-state index contributed by atoms with van der Waals surface area (Å²) >= 11 is 0.422. The van der Waals surface area contributed by atoms with Crippen molar-refractivity contribution in [1.82, 2.24) is 4.90 Å². The molecule has 1 fully saturated rings. The van der Waals surface area contributed by atoms with Crippen LogP contribution in [0.15, 0.2) is 29.2 Å². The Balaban J connectivity index is 2.07. The van der Waals surface area contributed by atoms with Crippen molar-refractivity contribution in [3.05, 3.63) is 29.8 Å². The van der Waals surface area contributed by atoms with Crippen LogP contribution in [-0.2, 0) is 0 Å². The zero-order valence-corrected chi connectivity index (χ0v) is 12.8.